The molecule has 5 amide bonds. The molecule has 1 fully saturated rings. The van der Waals surface area contributed by atoms with Crippen LogP contribution in [-0.4, -0.2) is 54.8 Å². The summed E-state index contributed by atoms with van der Waals surface area (Å²) in [6, 6.07) is -2.27. The van der Waals surface area contributed by atoms with E-state index >= 15 is 0 Å². The molecule has 0 saturated carbocycles. The van der Waals surface area contributed by atoms with Crippen LogP contribution < -0.4 is 27.6 Å². The van der Waals surface area contributed by atoms with Crippen molar-refractivity contribution in [1.29, 1.82) is 0 Å². The maximum Gasteiger partial charge on any atom is 0.415 e. The summed E-state index contributed by atoms with van der Waals surface area (Å²) in [5.41, 5.74) is 4.02. The van der Waals surface area contributed by atoms with Gasteiger partial charge in [0, 0.05) is 18.2 Å². The van der Waals surface area contributed by atoms with E-state index in [-0.39, 0.29) is 18.1 Å². The lowest BCUT2D eigenvalue weighted by Crippen LogP contribution is -2.47. The number of nitrogens with two attached hydrogens (primary N) is 1. The third-order valence-corrected chi connectivity index (χ3v) is 10.2. The Morgan fingerprint density at radius 3 is 2.48 bits per heavy atom. The second-order valence-corrected chi connectivity index (χ2v) is 14.1. The van der Waals surface area contributed by atoms with Gasteiger partial charge in [-0.15, -0.1) is 0 Å². The van der Waals surface area contributed by atoms with Crippen molar-refractivity contribution in [2.45, 2.75) is 70.7 Å². The average molecular weight is 486 g/mol. The highest BCUT2D eigenvalue weighted by molar-refractivity contribution is 6.74. The highest BCUT2D eigenvalue weighted by Crippen LogP contribution is 2.41. The molecular formula is C19H31N5O8Si. The van der Waals surface area contributed by atoms with Gasteiger partial charge in [0.25, 0.3) is 5.56 Å². The van der Waals surface area contributed by atoms with Gasteiger partial charge in [0.1, 0.15) is 18.9 Å². The van der Waals surface area contributed by atoms with Gasteiger partial charge in [0.2, 0.25) is 0 Å². The Kier molecular flexibility index (Phi) is 7.87. The monoisotopic (exact) mass is 485 g/mol. The fourth-order valence-electron chi connectivity index (χ4n) is 2.93. The van der Waals surface area contributed by atoms with Crippen LogP contribution in [0.3, 0.4) is 0 Å². The summed E-state index contributed by atoms with van der Waals surface area (Å²) in [6.07, 6.45) is -1.49. The number of nitrogens with zero attached hydrogens (tertiary/aromatic N) is 1. The molecule has 2 rings (SSSR count). The zero-order valence-electron chi connectivity index (χ0n) is 19.5. The number of nitrogens with one attached hydrogen (secondary N) is 3. The van der Waals surface area contributed by atoms with Gasteiger partial charge >= 0.3 is 23.8 Å². The standard InChI is InChI=1S/C19H31N5O8Si/c1-10-8-24(17(28)21-14(10)25)13-7-11(32-33(5,6)19(2,3)4)12(31-13)9-30-18(29)23-16(27)22-15(20)26/h8,11-13H,7,9H2,1-6H3,(H,21,25,28)(H4,20,22,23,26,27,29)/t11-,12+,13+/m0/s1. The van der Waals surface area contributed by atoms with Crippen molar-refractivity contribution in [2.75, 3.05) is 6.61 Å². The first-order valence-electron chi connectivity index (χ1n) is 10.3. The first-order valence-corrected chi connectivity index (χ1v) is 13.2. The van der Waals surface area contributed by atoms with Gasteiger partial charge in [-0.05, 0) is 25.1 Å². The predicted octanol–water partition coefficient (Wildman–Crippen LogP) is 1.04. The number of amides is 5. The van der Waals surface area contributed by atoms with E-state index in [1.807, 2.05) is 0 Å². The van der Waals surface area contributed by atoms with Crippen LogP contribution in [0, 0.1) is 6.92 Å². The van der Waals surface area contributed by atoms with Crippen LogP contribution >= 0.6 is 0 Å². The smallest absolute Gasteiger partial charge is 0.415 e. The topological polar surface area (TPSA) is 184 Å². The third-order valence-electron chi connectivity index (χ3n) is 5.72. The molecule has 0 spiro atoms. The van der Waals surface area contributed by atoms with E-state index in [0.29, 0.717) is 5.56 Å². The minimum atomic E-state index is -2.27. The Morgan fingerprint density at radius 1 is 1.27 bits per heavy atom. The second-order valence-electron chi connectivity index (χ2n) is 9.30. The SMILES string of the molecule is Cc1cn([C@H]2C[C@H](O[Si](C)(C)C(C)(C)C)[C@@H](COC(=O)NC(=O)NC(N)=O)O2)c(=O)[nH]c1=O. The fourth-order valence-corrected chi connectivity index (χ4v) is 4.29. The number of carbonyl (C=O) groups is 3. The van der Waals surface area contributed by atoms with Crippen molar-refractivity contribution in [3.05, 3.63) is 32.6 Å². The summed E-state index contributed by atoms with van der Waals surface area (Å²) >= 11 is 0. The molecule has 13 nitrogen and oxygen atoms in total. The molecule has 0 radical (unpaired) electrons. The number of hydrogen-bond donors (Lipinski definition) is 4. The summed E-state index contributed by atoms with van der Waals surface area (Å²) < 4.78 is 18.8. The van der Waals surface area contributed by atoms with Crippen LogP contribution in [0.2, 0.25) is 18.1 Å². The Balaban J connectivity index is 2.20. The molecule has 0 bridgehead atoms. The Bertz CT molecular complexity index is 1030. The zero-order valence-corrected chi connectivity index (χ0v) is 20.5. The van der Waals surface area contributed by atoms with Crippen LogP contribution in [0.5, 0.6) is 0 Å². The van der Waals surface area contributed by atoms with Crippen LogP contribution in [0.4, 0.5) is 14.4 Å². The summed E-state index contributed by atoms with van der Waals surface area (Å²) in [6.45, 7) is 11.6. The molecule has 0 aliphatic carbocycles. The molecule has 184 valence electrons. The van der Waals surface area contributed by atoms with E-state index in [1.165, 1.54) is 10.8 Å². The predicted molar refractivity (Wildman–Crippen MR) is 119 cm³/mol. The fraction of sp³-hybridized carbons (Fsp3) is 0.632. The van der Waals surface area contributed by atoms with Crippen molar-refractivity contribution >= 4 is 26.5 Å². The van der Waals surface area contributed by atoms with E-state index in [4.69, 9.17) is 19.6 Å². The molecule has 14 heteroatoms. The lowest BCUT2D eigenvalue weighted by molar-refractivity contribution is -0.0467. The van der Waals surface area contributed by atoms with Crippen molar-refractivity contribution in [3.63, 3.8) is 0 Å². The van der Waals surface area contributed by atoms with E-state index in [0.717, 1.165) is 0 Å². The van der Waals surface area contributed by atoms with Gasteiger partial charge in [0.05, 0.1) is 6.10 Å². The summed E-state index contributed by atoms with van der Waals surface area (Å²) in [7, 11) is -2.27. The van der Waals surface area contributed by atoms with E-state index < -0.39 is 56.2 Å². The number of ether oxygens (including phenoxy) is 2. The van der Waals surface area contributed by atoms with Crippen molar-refractivity contribution < 1.29 is 28.3 Å². The van der Waals surface area contributed by atoms with Gasteiger partial charge in [-0.25, -0.2) is 24.5 Å². The van der Waals surface area contributed by atoms with Gasteiger partial charge in [-0.2, -0.15) is 0 Å². The molecule has 1 aliphatic heterocycles. The molecule has 0 unspecified atom stereocenters. The molecule has 1 aliphatic rings. The quantitative estimate of drug-likeness (QED) is 0.446. The number of aromatic nitrogens is 2. The Labute approximate surface area is 191 Å². The van der Waals surface area contributed by atoms with E-state index in [9.17, 15) is 24.0 Å². The number of alkyl carbamates (subject to hydrolysis) is 1. The van der Waals surface area contributed by atoms with Crippen molar-refractivity contribution in [2.24, 2.45) is 5.73 Å². The number of hydrogen-bond acceptors (Lipinski definition) is 8. The normalized spacial score (nSPS) is 20.8. The summed E-state index contributed by atoms with van der Waals surface area (Å²) in [4.78, 5) is 60.3. The highest BCUT2D eigenvalue weighted by atomic mass is 28.4. The number of carbonyl (C=O) groups excluding carboxylic acids is 3. The van der Waals surface area contributed by atoms with Crippen LogP contribution in [0.25, 0.3) is 0 Å². The number of aryl methyl sites for hydroxylation is 1. The summed E-state index contributed by atoms with van der Waals surface area (Å²) in [5, 5.41) is 3.35. The Hall–Kier alpha value is -2.97. The van der Waals surface area contributed by atoms with Gasteiger partial charge in [-0.1, -0.05) is 20.8 Å². The van der Waals surface area contributed by atoms with Gasteiger partial charge < -0.3 is 19.6 Å². The maximum absolute atomic E-state index is 12.3. The van der Waals surface area contributed by atoms with Crippen LogP contribution in [0.15, 0.2) is 15.8 Å². The first-order chi connectivity index (χ1) is 15.1. The first kappa shape index (κ1) is 26.3. The molecule has 1 aromatic rings. The molecule has 3 atom stereocenters. The van der Waals surface area contributed by atoms with Crippen molar-refractivity contribution in [1.82, 2.24) is 20.2 Å². The number of H-pyrrole nitrogens is 1. The molecule has 1 aromatic heterocycles. The maximum atomic E-state index is 12.3. The molecule has 33 heavy (non-hydrogen) atoms. The number of aromatic amines is 1. The van der Waals surface area contributed by atoms with Gasteiger partial charge in [-0.3, -0.25) is 19.7 Å². The molecule has 2 heterocycles. The minimum Gasteiger partial charge on any atom is -0.446 e. The molecule has 1 saturated heterocycles. The molecular weight excluding hydrogens is 454 g/mol. The van der Waals surface area contributed by atoms with Gasteiger partial charge in [0.15, 0.2) is 8.32 Å². The molecule has 0 aromatic carbocycles. The minimum absolute atomic E-state index is 0.119. The summed E-state index contributed by atoms with van der Waals surface area (Å²) in [5.74, 6) is 0. The second kappa shape index (κ2) is 9.89. The number of urea groups is 2. The highest BCUT2D eigenvalue weighted by Gasteiger charge is 2.45. The zero-order chi connectivity index (χ0) is 25.1. The number of rotatable bonds is 5. The number of primary amides is 1. The third kappa shape index (κ3) is 6.75. The lowest BCUT2D eigenvalue weighted by Gasteiger charge is -2.39. The Morgan fingerprint density at radius 2 is 1.91 bits per heavy atom. The van der Waals surface area contributed by atoms with E-state index in [2.05, 4.69) is 38.8 Å². The van der Waals surface area contributed by atoms with Crippen molar-refractivity contribution in [3.8, 4) is 0 Å². The van der Waals surface area contributed by atoms with Crippen LogP contribution in [-0.2, 0) is 13.9 Å². The molecule has 5 N–H and O–H groups in total. The van der Waals surface area contributed by atoms with Crippen LogP contribution in [0.1, 0.15) is 39.0 Å². The lowest BCUT2D eigenvalue weighted by atomic mass is 10.2. The largest absolute Gasteiger partial charge is 0.446 e. The van der Waals surface area contributed by atoms with E-state index in [1.54, 1.807) is 17.6 Å². The number of imide groups is 2. The average Bonchev–Trinajstić information content (AvgIpc) is 3.03.